The normalized spacial score (nSPS) is 42.6. The van der Waals surface area contributed by atoms with Crippen LogP contribution in [0.2, 0.25) is 0 Å². The maximum atomic E-state index is 7.46. The fraction of sp³-hybridized carbons (Fsp3) is 0.581. The molecule has 3 heteroatoms. The van der Waals surface area contributed by atoms with E-state index >= 15 is 0 Å². The predicted molar refractivity (Wildman–Crippen MR) is 136 cm³/mol. The Kier molecular flexibility index (Phi) is 4.06. The average molecular weight is 453 g/mol. The number of ether oxygens (including phenoxy) is 1. The number of hydrogen-bond acceptors (Lipinski definition) is 3. The van der Waals surface area contributed by atoms with Gasteiger partial charge in [-0.05, 0) is 116 Å². The van der Waals surface area contributed by atoms with Crippen LogP contribution in [-0.4, -0.2) is 28.3 Å². The fourth-order valence-corrected chi connectivity index (χ4v) is 9.00. The fourth-order valence-electron chi connectivity index (χ4n) is 9.00. The minimum absolute atomic E-state index is 0.00705. The minimum Gasteiger partial charge on any atom is -0.359 e. The summed E-state index contributed by atoms with van der Waals surface area (Å²) >= 11 is 0. The summed E-state index contributed by atoms with van der Waals surface area (Å²) in [5.41, 5.74) is 4.87. The summed E-state index contributed by atoms with van der Waals surface area (Å²) in [6.07, 6.45) is 21.7. The standard InChI is InChI=1S/C31H36N2O/c1-29-12-10-24-17-23-4-5-26(33-25-6-7-25)18-30(23)13-14-31(24,34-30)28(29)9-8-27(29)21-3-2-20-11-15-32-19-22(20)16-21/h2-3,10-11,15-17,19,25-28,33H,4-9,12-14,18H2,1H3/t26-,27+,28+,29+,30+,31?/m0/s1. The van der Waals surface area contributed by atoms with Crippen LogP contribution in [0.1, 0.15) is 82.6 Å². The molecule has 4 fully saturated rings. The highest BCUT2D eigenvalue weighted by molar-refractivity contribution is 5.82. The van der Waals surface area contributed by atoms with Crippen molar-refractivity contribution in [1.82, 2.24) is 10.3 Å². The van der Waals surface area contributed by atoms with Gasteiger partial charge in [0.1, 0.15) is 0 Å². The molecule has 3 saturated carbocycles. The number of nitrogens with zero attached hydrogens (tertiary/aromatic N) is 1. The van der Waals surface area contributed by atoms with E-state index < -0.39 is 0 Å². The Bertz CT molecular complexity index is 1240. The maximum Gasteiger partial charge on any atom is 0.0974 e. The Labute approximate surface area is 203 Å². The summed E-state index contributed by atoms with van der Waals surface area (Å²) in [7, 11) is 0. The van der Waals surface area contributed by atoms with Gasteiger partial charge in [-0.1, -0.05) is 31.2 Å². The van der Waals surface area contributed by atoms with Crippen LogP contribution in [0.25, 0.3) is 10.8 Å². The number of rotatable bonds is 3. The zero-order valence-electron chi connectivity index (χ0n) is 20.4. The lowest BCUT2D eigenvalue weighted by Crippen LogP contribution is -2.55. The molecule has 0 radical (unpaired) electrons. The molecule has 2 bridgehead atoms. The Morgan fingerprint density at radius 2 is 1.94 bits per heavy atom. The first kappa shape index (κ1) is 20.2. The molecule has 2 aliphatic heterocycles. The molecule has 1 saturated heterocycles. The van der Waals surface area contributed by atoms with E-state index in [2.05, 4.69) is 53.6 Å². The number of allylic oxidation sites excluding steroid dienone is 1. The molecule has 34 heavy (non-hydrogen) atoms. The number of benzene rings is 1. The van der Waals surface area contributed by atoms with Crippen LogP contribution in [0.15, 0.2) is 60.0 Å². The first-order chi connectivity index (χ1) is 16.6. The third-order valence-corrected chi connectivity index (χ3v) is 10.8. The van der Waals surface area contributed by atoms with E-state index in [1.54, 1.807) is 5.57 Å². The second-order valence-electron chi connectivity index (χ2n) is 12.6. The van der Waals surface area contributed by atoms with Crippen LogP contribution in [0.5, 0.6) is 0 Å². The lowest BCUT2D eigenvalue weighted by molar-refractivity contribution is -0.136. The number of nitrogens with one attached hydrogen (secondary N) is 1. The molecule has 3 nitrogen and oxygen atoms in total. The maximum absolute atomic E-state index is 7.46. The third-order valence-electron chi connectivity index (χ3n) is 10.8. The molecule has 6 aliphatic rings. The van der Waals surface area contributed by atoms with Crippen molar-refractivity contribution < 1.29 is 4.74 Å². The number of pyridine rings is 1. The van der Waals surface area contributed by atoms with Crippen LogP contribution in [-0.2, 0) is 4.74 Å². The van der Waals surface area contributed by atoms with E-state index in [0.29, 0.717) is 17.9 Å². The number of aromatic nitrogens is 1. The Balaban J connectivity index is 1.15. The largest absolute Gasteiger partial charge is 0.359 e. The Morgan fingerprint density at radius 1 is 1.00 bits per heavy atom. The van der Waals surface area contributed by atoms with Crippen molar-refractivity contribution in [3.8, 4) is 0 Å². The van der Waals surface area contributed by atoms with E-state index in [1.807, 2.05) is 12.4 Å². The number of fused-ring (bicyclic) bond motifs is 2. The van der Waals surface area contributed by atoms with Crippen LogP contribution >= 0.6 is 0 Å². The van der Waals surface area contributed by atoms with Gasteiger partial charge in [0, 0.05) is 29.9 Å². The molecule has 1 aromatic carbocycles. The molecule has 176 valence electrons. The van der Waals surface area contributed by atoms with Gasteiger partial charge in [-0.25, -0.2) is 0 Å². The second-order valence-corrected chi connectivity index (χ2v) is 12.6. The zero-order valence-corrected chi connectivity index (χ0v) is 20.4. The number of hydrogen-bond donors (Lipinski definition) is 1. The molecule has 1 unspecified atom stereocenters. The highest BCUT2D eigenvalue weighted by Gasteiger charge is 2.66. The lowest BCUT2D eigenvalue weighted by Gasteiger charge is -2.54. The molecular weight excluding hydrogens is 416 g/mol. The van der Waals surface area contributed by atoms with Crippen LogP contribution in [0.3, 0.4) is 0 Å². The predicted octanol–water partition coefficient (Wildman–Crippen LogP) is 6.60. The SMILES string of the molecule is C[C@]12CC=C3C=C4CC[C@H](NC5CC5)C[C@]45CCC3(O5)[C@@H]1CC[C@@H]2c1ccc2ccncc2c1. The van der Waals surface area contributed by atoms with Crippen molar-refractivity contribution in [2.45, 2.75) is 100 Å². The average Bonchev–Trinajstić information content (AvgIpc) is 3.52. The summed E-state index contributed by atoms with van der Waals surface area (Å²) in [5.74, 6) is 1.21. The first-order valence-electron chi connectivity index (χ1n) is 13.8. The highest BCUT2D eigenvalue weighted by atomic mass is 16.5. The summed E-state index contributed by atoms with van der Waals surface area (Å²) in [4.78, 5) is 4.39. The molecule has 2 aromatic rings. The van der Waals surface area contributed by atoms with Crippen molar-refractivity contribution in [1.29, 1.82) is 0 Å². The van der Waals surface area contributed by atoms with Crippen molar-refractivity contribution in [3.05, 3.63) is 65.5 Å². The molecular formula is C31H36N2O. The van der Waals surface area contributed by atoms with Crippen molar-refractivity contribution in [2.24, 2.45) is 11.3 Å². The summed E-state index contributed by atoms with van der Waals surface area (Å²) in [5, 5.41) is 6.51. The molecule has 6 atom stereocenters. The van der Waals surface area contributed by atoms with Crippen molar-refractivity contribution >= 4 is 10.8 Å². The van der Waals surface area contributed by atoms with E-state index in [0.717, 1.165) is 6.04 Å². The summed E-state index contributed by atoms with van der Waals surface area (Å²) in [6.45, 7) is 2.58. The molecule has 8 rings (SSSR count). The van der Waals surface area contributed by atoms with Gasteiger partial charge in [-0.2, -0.15) is 0 Å². The highest BCUT2D eigenvalue weighted by Crippen LogP contribution is 2.69. The molecule has 2 spiro atoms. The quantitative estimate of drug-likeness (QED) is 0.570. The molecule has 0 amide bonds. The van der Waals surface area contributed by atoms with Gasteiger partial charge in [0.2, 0.25) is 0 Å². The smallest absolute Gasteiger partial charge is 0.0974 e. The first-order valence-corrected chi connectivity index (χ1v) is 13.8. The van der Waals surface area contributed by atoms with Gasteiger partial charge in [0.15, 0.2) is 0 Å². The molecule has 4 aliphatic carbocycles. The van der Waals surface area contributed by atoms with Gasteiger partial charge >= 0.3 is 0 Å². The summed E-state index contributed by atoms with van der Waals surface area (Å²) in [6, 6.07) is 10.7. The van der Waals surface area contributed by atoms with Gasteiger partial charge in [-0.15, -0.1) is 0 Å². The lowest BCUT2D eigenvalue weighted by atomic mass is 9.58. The van der Waals surface area contributed by atoms with Crippen molar-refractivity contribution in [3.63, 3.8) is 0 Å². The zero-order chi connectivity index (χ0) is 22.5. The van der Waals surface area contributed by atoms with E-state index in [9.17, 15) is 0 Å². The molecule has 1 N–H and O–H groups in total. The molecule has 1 aromatic heterocycles. The third kappa shape index (κ3) is 2.69. The second kappa shape index (κ2) is 6.83. The van der Waals surface area contributed by atoms with Crippen LogP contribution in [0.4, 0.5) is 0 Å². The van der Waals surface area contributed by atoms with Crippen molar-refractivity contribution in [2.75, 3.05) is 0 Å². The summed E-state index contributed by atoms with van der Waals surface area (Å²) < 4.78 is 7.46. The monoisotopic (exact) mass is 452 g/mol. The van der Waals surface area contributed by atoms with Crippen LogP contribution in [0, 0.1) is 11.3 Å². The van der Waals surface area contributed by atoms with E-state index in [-0.39, 0.29) is 16.6 Å². The van der Waals surface area contributed by atoms with Gasteiger partial charge < -0.3 is 10.1 Å². The topological polar surface area (TPSA) is 34.1 Å². The Morgan fingerprint density at radius 3 is 2.85 bits per heavy atom. The van der Waals surface area contributed by atoms with Gasteiger partial charge in [-0.3, -0.25) is 4.98 Å². The van der Waals surface area contributed by atoms with E-state index in [1.165, 1.54) is 86.1 Å². The Hall–Kier alpha value is -1.97. The van der Waals surface area contributed by atoms with Gasteiger partial charge in [0.25, 0.3) is 0 Å². The minimum atomic E-state index is -0.0505. The van der Waals surface area contributed by atoms with Crippen LogP contribution < -0.4 is 5.32 Å². The van der Waals surface area contributed by atoms with E-state index in [4.69, 9.17) is 4.74 Å². The van der Waals surface area contributed by atoms with Gasteiger partial charge in [0.05, 0.1) is 11.2 Å². The molecule has 3 heterocycles.